The van der Waals surface area contributed by atoms with Crippen LogP contribution < -0.4 is 0 Å². The van der Waals surface area contributed by atoms with Crippen molar-refractivity contribution < 1.29 is 39.6 Å². The summed E-state index contributed by atoms with van der Waals surface area (Å²) < 4.78 is 0. The zero-order valence-electron chi connectivity index (χ0n) is 20.4. The highest BCUT2D eigenvalue weighted by Crippen LogP contribution is 2.56. The molecule has 192 valence electrons. The van der Waals surface area contributed by atoms with Crippen molar-refractivity contribution in [3.8, 4) is 0 Å². The maximum absolute atomic E-state index is 11.6. The van der Waals surface area contributed by atoms with Gasteiger partial charge in [0.25, 0.3) is 0 Å². The smallest absolute Gasteiger partial charge is 0.321 e. The number of rotatable bonds is 10. The Labute approximate surface area is 201 Å². The quantitative estimate of drug-likeness (QED) is 0.245. The van der Waals surface area contributed by atoms with Gasteiger partial charge in [-0.15, -0.1) is 13.2 Å². The summed E-state index contributed by atoms with van der Waals surface area (Å²) in [7, 11) is 0. The van der Waals surface area contributed by atoms with Crippen molar-refractivity contribution in [2.75, 3.05) is 0 Å². The summed E-state index contributed by atoms with van der Waals surface area (Å²) in [6, 6.07) is 0. The van der Waals surface area contributed by atoms with Crippen molar-refractivity contribution in [3.63, 3.8) is 0 Å². The Balaban J connectivity index is 0.000000342. The summed E-state index contributed by atoms with van der Waals surface area (Å²) in [4.78, 5) is 45.6. The number of aliphatic carboxylic acids is 4. The lowest BCUT2D eigenvalue weighted by Crippen LogP contribution is -2.55. The average molecular weight is 481 g/mol. The second-order valence-corrected chi connectivity index (χ2v) is 9.72. The van der Waals surface area contributed by atoms with E-state index in [-0.39, 0.29) is 18.3 Å². The summed E-state index contributed by atoms with van der Waals surface area (Å²) in [6.07, 6.45) is 9.09. The number of carboxylic acid groups (broad SMARTS) is 4. The Bertz CT molecular complexity index is 762. The molecule has 3 atom stereocenters. The second kappa shape index (κ2) is 12.2. The summed E-state index contributed by atoms with van der Waals surface area (Å²) >= 11 is 0. The average Bonchev–Trinajstić information content (AvgIpc) is 2.79. The second-order valence-electron chi connectivity index (χ2n) is 9.72. The Morgan fingerprint density at radius 3 is 1.76 bits per heavy atom. The molecule has 0 saturated heterocycles. The first-order valence-electron chi connectivity index (χ1n) is 12.1. The van der Waals surface area contributed by atoms with E-state index >= 15 is 0 Å². The van der Waals surface area contributed by atoms with Gasteiger partial charge in [0.05, 0.1) is 11.3 Å². The van der Waals surface area contributed by atoms with E-state index in [0.29, 0.717) is 51.4 Å². The van der Waals surface area contributed by atoms with Crippen molar-refractivity contribution in [2.45, 2.75) is 84.5 Å². The molecule has 2 aliphatic carbocycles. The van der Waals surface area contributed by atoms with Crippen LogP contribution in [0.3, 0.4) is 0 Å². The van der Waals surface area contributed by atoms with Gasteiger partial charge >= 0.3 is 23.9 Å². The van der Waals surface area contributed by atoms with Crippen LogP contribution in [0.15, 0.2) is 25.3 Å². The van der Waals surface area contributed by atoms with E-state index in [4.69, 9.17) is 5.11 Å². The van der Waals surface area contributed by atoms with Gasteiger partial charge in [-0.1, -0.05) is 45.3 Å². The van der Waals surface area contributed by atoms with Crippen LogP contribution in [0.1, 0.15) is 84.5 Å². The molecular formula is C26H40O8. The van der Waals surface area contributed by atoms with Gasteiger partial charge in [-0.2, -0.15) is 0 Å². The van der Waals surface area contributed by atoms with Gasteiger partial charge in [0, 0.05) is 5.41 Å². The van der Waals surface area contributed by atoms with Crippen molar-refractivity contribution in [2.24, 2.45) is 28.1 Å². The highest BCUT2D eigenvalue weighted by atomic mass is 16.4. The minimum Gasteiger partial charge on any atom is -0.481 e. The first-order valence-corrected chi connectivity index (χ1v) is 12.1. The number of hydrogen-bond acceptors (Lipinski definition) is 4. The topological polar surface area (TPSA) is 149 Å². The predicted octanol–water partition coefficient (Wildman–Crippen LogP) is 5.23. The van der Waals surface area contributed by atoms with Crippen molar-refractivity contribution >= 4 is 23.9 Å². The van der Waals surface area contributed by atoms with Gasteiger partial charge in [0.2, 0.25) is 0 Å². The molecule has 2 fully saturated rings. The molecular weight excluding hydrogens is 440 g/mol. The van der Waals surface area contributed by atoms with Crippen LogP contribution in [-0.4, -0.2) is 44.3 Å². The SMILES string of the molecule is C=CCC1(CC=C)CCCCC1(C(=O)O)C(=O)O.CC[C@H]1C[C@H](C(=O)O)CCC1(CC)C(=O)O. The van der Waals surface area contributed by atoms with Gasteiger partial charge in [0.15, 0.2) is 5.41 Å². The maximum atomic E-state index is 11.6. The standard InChI is InChI=1S/C14H20O4.C12H20O4/c1-3-7-13(8-4-2)9-5-6-10-14(13,11(15)16)12(17)18;1-3-9-7-8(10(13)14)5-6-12(9,4-2)11(15)16/h3-4H,1-2,5-10H2,(H,15,16)(H,17,18);8-9H,3-7H2,1-2H3,(H,13,14)(H,15,16)/t;8-,9+,12?/m.1/s1. The van der Waals surface area contributed by atoms with Gasteiger partial charge in [-0.25, -0.2) is 0 Å². The van der Waals surface area contributed by atoms with Gasteiger partial charge in [-0.3, -0.25) is 19.2 Å². The highest BCUT2D eigenvalue weighted by Gasteiger charge is 2.61. The van der Waals surface area contributed by atoms with E-state index in [1.807, 2.05) is 13.8 Å². The van der Waals surface area contributed by atoms with E-state index in [9.17, 15) is 34.5 Å². The predicted molar refractivity (Wildman–Crippen MR) is 127 cm³/mol. The van der Waals surface area contributed by atoms with Gasteiger partial charge in [-0.05, 0) is 57.3 Å². The Kier molecular flexibility index (Phi) is 10.5. The Hall–Kier alpha value is -2.64. The third kappa shape index (κ3) is 5.36. The van der Waals surface area contributed by atoms with E-state index in [2.05, 4.69) is 13.2 Å². The molecule has 0 aliphatic heterocycles. The van der Waals surface area contributed by atoms with E-state index in [0.717, 1.165) is 12.8 Å². The highest BCUT2D eigenvalue weighted by molar-refractivity contribution is 5.99. The largest absolute Gasteiger partial charge is 0.481 e. The molecule has 4 N–H and O–H groups in total. The number of hydrogen-bond donors (Lipinski definition) is 4. The zero-order chi connectivity index (χ0) is 26.2. The zero-order valence-corrected chi connectivity index (χ0v) is 20.4. The molecule has 34 heavy (non-hydrogen) atoms. The normalized spacial score (nSPS) is 27.4. The van der Waals surface area contributed by atoms with Crippen molar-refractivity contribution in [1.29, 1.82) is 0 Å². The van der Waals surface area contributed by atoms with Crippen LogP contribution >= 0.6 is 0 Å². The Morgan fingerprint density at radius 2 is 1.38 bits per heavy atom. The molecule has 0 aromatic heterocycles. The summed E-state index contributed by atoms with van der Waals surface area (Å²) in [5.74, 6) is -4.38. The van der Waals surface area contributed by atoms with E-state index in [1.165, 1.54) is 0 Å². The molecule has 0 aromatic carbocycles. The van der Waals surface area contributed by atoms with Crippen LogP contribution in [0.25, 0.3) is 0 Å². The van der Waals surface area contributed by atoms with Crippen LogP contribution in [-0.2, 0) is 19.2 Å². The molecule has 0 bridgehead atoms. The molecule has 2 aliphatic rings. The molecule has 1 unspecified atom stereocenters. The third-order valence-electron chi connectivity index (χ3n) is 8.35. The summed E-state index contributed by atoms with van der Waals surface area (Å²) in [6.45, 7) is 11.1. The van der Waals surface area contributed by atoms with Crippen molar-refractivity contribution in [3.05, 3.63) is 25.3 Å². The first-order chi connectivity index (χ1) is 15.9. The van der Waals surface area contributed by atoms with Gasteiger partial charge in [0.1, 0.15) is 0 Å². The van der Waals surface area contributed by atoms with Crippen LogP contribution in [0.4, 0.5) is 0 Å². The molecule has 0 amide bonds. The molecule has 2 rings (SSSR count). The van der Waals surface area contributed by atoms with Gasteiger partial charge < -0.3 is 20.4 Å². The summed E-state index contributed by atoms with van der Waals surface area (Å²) in [5.41, 5.74) is -3.21. The first kappa shape index (κ1) is 29.4. The molecule has 0 radical (unpaired) electrons. The molecule has 0 spiro atoms. The van der Waals surface area contributed by atoms with Crippen LogP contribution in [0, 0.1) is 28.1 Å². The number of allylic oxidation sites excluding steroid dienone is 2. The van der Waals surface area contributed by atoms with Crippen LogP contribution in [0.2, 0.25) is 0 Å². The lowest BCUT2D eigenvalue weighted by atomic mass is 9.53. The third-order valence-corrected chi connectivity index (χ3v) is 8.35. The minimum atomic E-state index is -1.71. The minimum absolute atomic E-state index is 0.00940. The lowest BCUT2D eigenvalue weighted by molar-refractivity contribution is -0.181. The number of carbonyl (C=O) groups is 4. The van der Waals surface area contributed by atoms with Crippen molar-refractivity contribution in [1.82, 2.24) is 0 Å². The lowest BCUT2D eigenvalue weighted by Gasteiger charge is -2.48. The molecule has 2 saturated carbocycles. The molecule has 8 heteroatoms. The molecule has 0 aromatic rings. The van der Waals surface area contributed by atoms with Crippen LogP contribution in [0.5, 0.6) is 0 Å². The van der Waals surface area contributed by atoms with E-state index < -0.39 is 40.1 Å². The molecule has 8 nitrogen and oxygen atoms in total. The summed E-state index contributed by atoms with van der Waals surface area (Å²) in [5, 5.41) is 37.4. The maximum Gasteiger partial charge on any atom is 0.321 e. The monoisotopic (exact) mass is 480 g/mol. The fourth-order valence-corrected chi connectivity index (χ4v) is 6.28. The number of carboxylic acids is 4. The Morgan fingerprint density at radius 1 is 0.853 bits per heavy atom. The molecule has 0 heterocycles. The fourth-order valence-electron chi connectivity index (χ4n) is 6.28. The fraction of sp³-hybridized carbons (Fsp3) is 0.692. The van der Waals surface area contributed by atoms with E-state index in [1.54, 1.807) is 12.2 Å².